The van der Waals surface area contributed by atoms with E-state index in [1.54, 1.807) is 28.4 Å². The van der Waals surface area contributed by atoms with Gasteiger partial charge < -0.3 is 47.4 Å². The van der Waals surface area contributed by atoms with Crippen molar-refractivity contribution in [2.24, 2.45) is 0 Å². The van der Waals surface area contributed by atoms with E-state index in [0.29, 0.717) is 79.3 Å². The van der Waals surface area contributed by atoms with Gasteiger partial charge in [-0.2, -0.15) is 0 Å². The van der Waals surface area contributed by atoms with Crippen LogP contribution in [0.2, 0.25) is 0 Å². The number of rotatable bonds is 31. The van der Waals surface area contributed by atoms with E-state index in [4.69, 9.17) is 37.9 Å². The maximum absolute atomic E-state index is 6.44. The molecule has 10 nitrogen and oxygen atoms in total. The topological polar surface area (TPSA) is 82.0 Å². The third-order valence-electron chi connectivity index (χ3n) is 19.5. The van der Waals surface area contributed by atoms with Gasteiger partial charge in [0.2, 0.25) is 0 Å². The first-order valence-corrected chi connectivity index (χ1v) is 33.3. The first-order valence-electron chi connectivity index (χ1n) is 33.3. The average Bonchev–Trinajstić information content (AvgIpc) is 1.28. The van der Waals surface area contributed by atoms with Crippen LogP contribution in [-0.4, -0.2) is 112 Å². The van der Waals surface area contributed by atoms with Crippen LogP contribution in [0.5, 0.6) is 0 Å². The number of nitrogens with zero attached hydrogens (tertiary/aromatic N) is 2. The molecule has 0 saturated carbocycles. The molecule has 2 aliphatic carbocycles. The summed E-state index contributed by atoms with van der Waals surface area (Å²) in [5, 5.41) is 2.39. The van der Waals surface area contributed by atoms with Gasteiger partial charge in [0.25, 0.3) is 0 Å². The molecule has 0 atom stereocenters. The lowest BCUT2D eigenvalue weighted by atomic mass is 9.72. The molecule has 13 rings (SSSR count). The number of methoxy groups -OCH3 is 4. The maximum atomic E-state index is 6.44. The first kappa shape index (κ1) is 64.2. The molecule has 0 radical (unpaired) electrons. The molecule has 2 aliphatic rings. The van der Waals surface area contributed by atoms with E-state index in [-0.39, 0.29) is 0 Å². The smallest absolute Gasteiger partial charge is 0.0700 e. The Labute approximate surface area is 554 Å². The van der Waals surface area contributed by atoms with Gasteiger partial charge in [-0.05, 0) is 173 Å². The summed E-state index contributed by atoms with van der Waals surface area (Å²) in [6, 6.07) is 81.7. The predicted molar refractivity (Wildman–Crippen MR) is 383 cm³/mol. The molecule has 480 valence electrons. The van der Waals surface area contributed by atoms with Gasteiger partial charge in [-0.25, -0.2) is 0 Å². The van der Waals surface area contributed by atoms with Gasteiger partial charge in [0, 0.05) is 99.1 Å². The fraction of sp³-hybridized carbons (Fsp3) is 0.286. The highest BCUT2D eigenvalue weighted by atomic mass is 16.5. The molecule has 0 spiro atoms. The predicted octanol–water partition coefficient (Wildman–Crippen LogP) is 18.6. The Balaban J connectivity index is 1.01. The van der Waals surface area contributed by atoms with Crippen LogP contribution in [0.1, 0.15) is 59.1 Å². The number of anilines is 3. The van der Waals surface area contributed by atoms with Gasteiger partial charge in [0.1, 0.15) is 0 Å². The normalized spacial score (nSPS) is 13.3. The van der Waals surface area contributed by atoms with Gasteiger partial charge in [0.15, 0.2) is 0 Å². The highest BCUT2D eigenvalue weighted by Crippen LogP contribution is 2.58. The summed E-state index contributed by atoms with van der Waals surface area (Å²) in [6.07, 6.45) is 3.02. The Hall–Kier alpha value is -8.52. The van der Waals surface area contributed by atoms with Crippen LogP contribution in [0.4, 0.5) is 17.1 Å². The minimum Gasteiger partial charge on any atom is -0.382 e. The van der Waals surface area contributed by atoms with Crippen molar-refractivity contribution in [3.63, 3.8) is 0 Å². The number of benzene rings is 10. The molecule has 0 bridgehead atoms. The zero-order valence-electron chi connectivity index (χ0n) is 55.3. The Kier molecular flexibility index (Phi) is 20.1. The maximum Gasteiger partial charge on any atom is 0.0700 e. The molecule has 0 saturated heterocycles. The zero-order valence-corrected chi connectivity index (χ0v) is 55.3. The molecular formula is C84H86N2O8. The first-order chi connectivity index (χ1) is 46.3. The number of ether oxygens (including phenoxy) is 8. The molecule has 1 heterocycles. The van der Waals surface area contributed by atoms with Crippen molar-refractivity contribution >= 4 is 38.9 Å². The third kappa shape index (κ3) is 12.7. The molecule has 1 aromatic heterocycles. The molecule has 0 unspecified atom stereocenters. The lowest BCUT2D eigenvalue weighted by Gasteiger charge is -2.35. The summed E-state index contributed by atoms with van der Waals surface area (Å²) in [4.78, 5) is 2.50. The van der Waals surface area contributed by atoms with Gasteiger partial charge >= 0.3 is 0 Å². The molecule has 0 aliphatic heterocycles. The fourth-order valence-electron chi connectivity index (χ4n) is 14.9. The van der Waals surface area contributed by atoms with E-state index in [9.17, 15) is 0 Å². The SMILES string of the molecule is COCCOCCC1(CCOCCOC)c2cc(C)ccc2-c2ccc(N(c3ccc(-c4ccc5c(c4)c4ccccc4n5-c4ccccc4-c4ccccc4)c(-c4ccccc4)c3)c3ccc4c(c3)C(CCOCCOC)(CCOCCOC)c3cc(C)ccc3-4)cc21. The van der Waals surface area contributed by atoms with Crippen molar-refractivity contribution in [1.82, 2.24) is 4.57 Å². The molecule has 10 aromatic carbocycles. The van der Waals surface area contributed by atoms with Crippen molar-refractivity contribution in [3.05, 3.63) is 252 Å². The molecule has 94 heavy (non-hydrogen) atoms. The second-order valence-electron chi connectivity index (χ2n) is 25.0. The molecule has 0 N–H and O–H groups in total. The second-order valence-corrected chi connectivity index (χ2v) is 25.0. The van der Waals surface area contributed by atoms with E-state index in [1.807, 2.05) is 0 Å². The van der Waals surface area contributed by atoms with Crippen molar-refractivity contribution in [1.29, 1.82) is 0 Å². The number of para-hydroxylation sites is 2. The standard InChI is InChI=1S/C84H86N2O8/c1-59-25-31-69-71-34-29-65(57-78(71)83(76(69)53-59,37-41-91-49-45-87-3)38-42-92-50-46-88-4)85(66-30-35-72-70-32-26-60(2)54-77(70)84(79(72)58-66,39-43-93-51-47-89-5)40-44-94-52-48-90-6)64-28-33-67(74(56-64)62-19-11-8-12-20-62)63-27-36-82-75(55-63)73-22-14-16-24-81(73)86(82)80-23-15-13-21-68(80)61-17-9-7-10-18-61/h7-36,53-58H,37-52H2,1-6H3. The number of aromatic nitrogens is 1. The summed E-state index contributed by atoms with van der Waals surface area (Å²) in [7, 11) is 6.90. The molecule has 11 aromatic rings. The quantitative estimate of drug-likeness (QED) is 0.0395. The van der Waals surface area contributed by atoms with Crippen LogP contribution in [0.15, 0.2) is 218 Å². The second kappa shape index (κ2) is 29.4. The summed E-state index contributed by atoms with van der Waals surface area (Å²) in [5.74, 6) is 0. The minimum absolute atomic E-state index is 0.443. The number of fused-ring (bicyclic) bond motifs is 9. The minimum atomic E-state index is -0.443. The van der Waals surface area contributed by atoms with E-state index in [1.165, 1.54) is 77.5 Å². The van der Waals surface area contributed by atoms with E-state index in [0.717, 1.165) is 81.7 Å². The monoisotopic (exact) mass is 1250 g/mol. The van der Waals surface area contributed by atoms with Crippen molar-refractivity contribution < 1.29 is 37.9 Å². The van der Waals surface area contributed by atoms with Crippen molar-refractivity contribution in [2.75, 3.05) is 113 Å². The summed E-state index contributed by atoms with van der Waals surface area (Å²) < 4.78 is 50.1. The van der Waals surface area contributed by atoms with Crippen LogP contribution in [0.3, 0.4) is 0 Å². The highest BCUT2D eigenvalue weighted by molar-refractivity contribution is 6.11. The molecular weight excluding hydrogens is 1160 g/mol. The average molecular weight is 1250 g/mol. The molecule has 0 amide bonds. The number of aryl methyl sites for hydroxylation is 2. The Morgan fingerprint density at radius 1 is 0.298 bits per heavy atom. The van der Waals surface area contributed by atoms with Crippen molar-refractivity contribution in [3.8, 4) is 61.3 Å². The Bertz CT molecular complexity index is 4240. The zero-order chi connectivity index (χ0) is 64.4. The lowest BCUT2D eigenvalue weighted by molar-refractivity contribution is 0.0490. The summed E-state index contributed by atoms with van der Waals surface area (Å²) in [6.45, 7) is 10.8. The highest BCUT2D eigenvalue weighted by Gasteiger charge is 2.45. The van der Waals surface area contributed by atoms with Crippen LogP contribution >= 0.6 is 0 Å². The summed E-state index contributed by atoms with van der Waals surface area (Å²) in [5.41, 5.74) is 25.1. The lowest BCUT2D eigenvalue weighted by Crippen LogP contribution is -2.30. The van der Waals surface area contributed by atoms with Crippen LogP contribution in [-0.2, 0) is 48.7 Å². The van der Waals surface area contributed by atoms with Gasteiger partial charge in [0.05, 0.1) is 69.6 Å². The summed E-state index contributed by atoms with van der Waals surface area (Å²) >= 11 is 0. The van der Waals surface area contributed by atoms with Crippen LogP contribution < -0.4 is 4.90 Å². The van der Waals surface area contributed by atoms with Gasteiger partial charge in [-0.15, -0.1) is 0 Å². The molecule has 10 heteroatoms. The largest absolute Gasteiger partial charge is 0.382 e. The number of hydrogen-bond donors (Lipinski definition) is 0. The van der Waals surface area contributed by atoms with E-state index in [2.05, 4.69) is 242 Å². The molecule has 0 fully saturated rings. The Morgan fingerprint density at radius 3 is 1.20 bits per heavy atom. The Morgan fingerprint density at radius 2 is 0.702 bits per heavy atom. The third-order valence-corrected chi connectivity index (χ3v) is 19.5. The van der Waals surface area contributed by atoms with Crippen LogP contribution in [0.25, 0.3) is 83.1 Å². The van der Waals surface area contributed by atoms with Crippen LogP contribution in [0, 0.1) is 13.8 Å². The van der Waals surface area contributed by atoms with Crippen molar-refractivity contribution in [2.45, 2.75) is 50.4 Å². The fourth-order valence-corrected chi connectivity index (χ4v) is 14.9. The van der Waals surface area contributed by atoms with Gasteiger partial charge in [-0.1, -0.05) is 169 Å². The van der Waals surface area contributed by atoms with E-state index < -0.39 is 10.8 Å². The number of hydrogen-bond acceptors (Lipinski definition) is 9. The van der Waals surface area contributed by atoms with E-state index >= 15 is 0 Å². The van der Waals surface area contributed by atoms with Gasteiger partial charge in [-0.3, -0.25) is 0 Å².